The highest BCUT2D eigenvalue weighted by Gasteiger charge is 1.80. The van der Waals surface area contributed by atoms with E-state index in [1.54, 1.807) is 0 Å². The van der Waals surface area contributed by atoms with Gasteiger partial charge in [-0.2, -0.15) is 0 Å². The van der Waals surface area contributed by atoms with Crippen molar-refractivity contribution in [3.63, 3.8) is 0 Å². The number of aliphatic hydroxyl groups is 1. The minimum Gasteiger partial charge on any atom is -0.514 e. The number of rotatable bonds is 2. The monoisotopic (exact) mass is 117 g/mol. The summed E-state index contributed by atoms with van der Waals surface area (Å²) in [6.45, 7) is 0. The molecule has 0 spiro atoms. The van der Waals surface area contributed by atoms with Crippen LogP contribution in [0.3, 0.4) is 0 Å². The highest BCUT2D eigenvalue weighted by atomic mass is 16.2. The predicted molar refractivity (Wildman–Crippen MR) is 27.6 cm³/mol. The topological polar surface area (TPSA) is 87.4 Å². The molecule has 0 saturated heterocycles. The Morgan fingerprint density at radius 2 is 2.38 bits per heavy atom. The number of urea groups is 1. The fourth-order valence-electron chi connectivity index (χ4n) is 0.150. The smallest absolute Gasteiger partial charge is 0.330 e. The summed E-state index contributed by atoms with van der Waals surface area (Å²) >= 11 is 0. The van der Waals surface area contributed by atoms with E-state index in [1.807, 2.05) is 5.43 Å². The molecule has 2 amide bonds. The van der Waals surface area contributed by atoms with E-state index in [0.29, 0.717) is 0 Å². The van der Waals surface area contributed by atoms with Crippen LogP contribution in [0.1, 0.15) is 0 Å². The lowest BCUT2D eigenvalue weighted by molar-refractivity contribution is 0.246. The summed E-state index contributed by atoms with van der Waals surface area (Å²) in [4.78, 5) is 9.81. The largest absolute Gasteiger partial charge is 0.514 e. The maximum Gasteiger partial charge on any atom is 0.330 e. The van der Waals surface area contributed by atoms with E-state index in [-0.39, 0.29) is 0 Å². The molecule has 0 aromatic rings. The van der Waals surface area contributed by atoms with E-state index in [9.17, 15) is 4.79 Å². The molecule has 5 nitrogen and oxygen atoms in total. The minimum absolute atomic E-state index is 0.705. The molecule has 0 aliphatic rings. The van der Waals surface area contributed by atoms with Crippen molar-refractivity contribution >= 4 is 6.03 Å². The first-order valence-electron chi connectivity index (χ1n) is 1.87. The lowest BCUT2D eigenvalue weighted by Gasteiger charge is -1.95. The van der Waals surface area contributed by atoms with Crippen LogP contribution in [-0.2, 0) is 0 Å². The molecule has 0 aromatic carbocycles. The third-order valence-electron chi connectivity index (χ3n) is 0.353. The second-order valence-corrected chi connectivity index (χ2v) is 0.949. The van der Waals surface area contributed by atoms with Crippen molar-refractivity contribution in [2.24, 2.45) is 5.73 Å². The molecule has 0 aliphatic carbocycles. The number of carbonyl (C=O) groups is 1. The number of amides is 2. The molecular weight excluding hydrogens is 110 g/mol. The Morgan fingerprint density at radius 3 is 2.75 bits per heavy atom. The van der Waals surface area contributed by atoms with Gasteiger partial charge in [0.2, 0.25) is 0 Å². The van der Waals surface area contributed by atoms with Crippen molar-refractivity contribution in [2.45, 2.75) is 0 Å². The van der Waals surface area contributed by atoms with Crippen molar-refractivity contribution in [1.29, 1.82) is 0 Å². The molecule has 0 radical (unpaired) electrons. The van der Waals surface area contributed by atoms with Crippen LogP contribution in [0.4, 0.5) is 4.79 Å². The lowest BCUT2D eigenvalue weighted by Crippen LogP contribution is -2.37. The standard InChI is InChI=1S/C3H7N3O2/c4-3(8)6-5-1-2-7/h1-2,5,7H,(H3,4,6,8)/b2-1+. The first kappa shape index (κ1) is 6.61. The average molecular weight is 117 g/mol. The molecule has 0 aromatic heterocycles. The normalized spacial score (nSPS) is 9.00. The molecule has 0 rings (SSSR count). The van der Waals surface area contributed by atoms with Crippen LogP contribution in [0, 0.1) is 0 Å². The Labute approximate surface area is 46.1 Å². The Morgan fingerprint density at radius 1 is 1.75 bits per heavy atom. The highest BCUT2D eigenvalue weighted by Crippen LogP contribution is 1.52. The molecular formula is C3H7N3O2. The summed E-state index contributed by atoms with van der Waals surface area (Å²) in [6.07, 6.45) is 1.85. The maximum absolute atomic E-state index is 9.81. The first-order chi connectivity index (χ1) is 3.77. The molecule has 0 aliphatic heterocycles. The molecule has 0 saturated carbocycles. The van der Waals surface area contributed by atoms with Crippen LogP contribution in [0.5, 0.6) is 0 Å². The summed E-state index contributed by atoms with van der Waals surface area (Å²) in [5, 5.41) is 7.94. The van der Waals surface area contributed by atoms with Crippen molar-refractivity contribution in [1.82, 2.24) is 10.9 Å². The summed E-state index contributed by atoms with van der Waals surface area (Å²) in [5.74, 6) is 0. The summed E-state index contributed by atoms with van der Waals surface area (Å²) in [5.41, 5.74) is 8.77. The molecule has 0 atom stereocenters. The molecule has 0 heterocycles. The highest BCUT2D eigenvalue weighted by molar-refractivity contribution is 5.70. The summed E-state index contributed by atoms with van der Waals surface area (Å²) in [7, 11) is 0. The quantitative estimate of drug-likeness (QED) is 0.282. The Hall–Kier alpha value is -1.39. The summed E-state index contributed by atoms with van der Waals surface area (Å²) in [6, 6.07) is -0.705. The van der Waals surface area contributed by atoms with E-state index in [1.165, 1.54) is 0 Å². The van der Waals surface area contributed by atoms with Crippen molar-refractivity contribution in [3.8, 4) is 0 Å². The molecule has 0 bridgehead atoms. The molecule has 0 fully saturated rings. The minimum atomic E-state index is -0.705. The zero-order chi connectivity index (χ0) is 6.41. The Kier molecular flexibility index (Phi) is 3.13. The zero-order valence-corrected chi connectivity index (χ0v) is 4.09. The second kappa shape index (κ2) is 3.79. The van der Waals surface area contributed by atoms with Crippen LogP contribution in [0.2, 0.25) is 0 Å². The Balaban J connectivity index is 3.05. The molecule has 5 heteroatoms. The second-order valence-electron chi connectivity index (χ2n) is 0.949. The van der Waals surface area contributed by atoms with Gasteiger partial charge in [-0.15, -0.1) is 0 Å². The number of nitrogens with two attached hydrogens (primary N) is 1. The molecule has 0 unspecified atom stereocenters. The van der Waals surface area contributed by atoms with Crippen LogP contribution < -0.4 is 16.6 Å². The SMILES string of the molecule is NC(=O)NN/C=C/O. The third-order valence-corrected chi connectivity index (χ3v) is 0.353. The zero-order valence-electron chi connectivity index (χ0n) is 4.09. The predicted octanol–water partition coefficient (Wildman–Crippen LogP) is -0.812. The van der Waals surface area contributed by atoms with Crippen LogP contribution in [-0.4, -0.2) is 11.1 Å². The van der Waals surface area contributed by atoms with Gasteiger partial charge in [0.15, 0.2) is 0 Å². The van der Waals surface area contributed by atoms with E-state index >= 15 is 0 Å². The lowest BCUT2D eigenvalue weighted by atomic mass is 11.0. The van der Waals surface area contributed by atoms with Crippen molar-refractivity contribution in [3.05, 3.63) is 12.5 Å². The van der Waals surface area contributed by atoms with Gasteiger partial charge < -0.3 is 16.3 Å². The van der Waals surface area contributed by atoms with Gasteiger partial charge in [-0.25, -0.2) is 4.79 Å². The van der Waals surface area contributed by atoms with Gasteiger partial charge >= 0.3 is 6.03 Å². The van der Waals surface area contributed by atoms with Gasteiger partial charge in [0.05, 0.1) is 12.5 Å². The van der Waals surface area contributed by atoms with E-state index in [2.05, 4.69) is 11.2 Å². The first-order valence-corrected chi connectivity index (χ1v) is 1.87. The van der Waals surface area contributed by atoms with E-state index in [0.717, 1.165) is 12.5 Å². The maximum atomic E-state index is 9.81. The van der Waals surface area contributed by atoms with Gasteiger partial charge in [-0.1, -0.05) is 0 Å². The third kappa shape index (κ3) is 4.61. The number of hydrogen-bond donors (Lipinski definition) is 4. The number of hydrogen-bond acceptors (Lipinski definition) is 3. The number of aliphatic hydroxyl groups excluding tert-OH is 1. The Bertz CT molecular complexity index is 101. The summed E-state index contributed by atoms with van der Waals surface area (Å²) < 4.78 is 0. The number of carbonyl (C=O) groups excluding carboxylic acids is 1. The van der Waals surface area contributed by atoms with Crippen molar-refractivity contribution < 1.29 is 9.90 Å². The van der Waals surface area contributed by atoms with Gasteiger partial charge in [-0.05, 0) is 0 Å². The molecule has 5 N–H and O–H groups in total. The van der Waals surface area contributed by atoms with Crippen LogP contribution in [0.15, 0.2) is 12.5 Å². The molecule has 46 valence electrons. The average Bonchev–Trinajstić information content (AvgIpc) is 1.66. The van der Waals surface area contributed by atoms with Gasteiger partial charge in [0.25, 0.3) is 0 Å². The fourth-order valence-corrected chi connectivity index (χ4v) is 0.150. The number of hydrazine groups is 1. The van der Waals surface area contributed by atoms with Crippen LogP contribution >= 0.6 is 0 Å². The van der Waals surface area contributed by atoms with E-state index < -0.39 is 6.03 Å². The number of nitrogens with one attached hydrogen (secondary N) is 2. The van der Waals surface area contributed by atoms with Crippen LogP contribution in [0.25, 0.3) is 0 Å². The van der Waals surface area contributed by atoms with Crippen molar-refractivity contribution in [2.75, 3.05) is 0 Å². The van der Waals surface area contributed by atoms with E-state index in [4.69, 9.17) is 5.11 Å². The molecule has 8 heavy (non-hydrogen) atoms. The number of primary amides is 1. The fraction of sp³-hybridized carbons (Fsp3) is 0. The van der Waals surface area contributed by atoms with Gasteiger partial charge in [0, 0.05) is 0 Å². The van der Waals surface area contributed by atoms with Gasteiger partial charge in [-0.3, -0.25) is 5.43 Å². The van der Waals surface area contributed by atoms with Gasteiger partial charge in [0.1, 0.15) is 0 Å².